The Kier molecular flexibility index (Phi) is 4.86. The van der Waals surface area contributed by atoms with Gasteiger partial charge >= 0.3 is 0 Å². The lowest BCUT2D eigenvalue weighted by atomic mass is 9.99. The van der Waals surface area contributed by atoms with Crippen LogP contribution in [-0.2, 0) is 4.79 Å². The van der Waals surface area contributed by atoms with Gasteiger partial charge in [0.15, 0.2) is 0 Å². The highest BCUT2D eigenvalue weighted by Crippen LogP contribution is 2.34. The molecule has 1 aliphatic carbocycles. The topological polar surface area (TPSA) is 51.2 Å². The molecule has 0 radical (unpaired) electrons. The number of aromatic nitrogens is 1. The number of benzene rings is 2. The summed E-state index contributed by atoms with van der Waals surface area (Å²) in [5.41, 5.74) is 3.13. The molecular weight excluding hydrogens is 348 g/mol. The maximum absolute atomic E-state index is 12.0. The van der Waals surface area contributed by atoms with Crippen molar-refractivity contribution >= 4 is 28.6 Å². The van der Waals surface area contributed by atoms with Crippen LogP contribution in [0.3, 0.4) is 0 Å². The molecule has 1 saturated carbocycles. The number of ether oxygens (including phenoxy) is 1. The molecule has 0 saturated heterocycles. The van der Waals surface area contributed by atoms with E-state index < -0.39 is 0 Å². The van der Waals surface area contributed by atoms with Gasteiger partial charge in [0.1, 0.15) is 11.6 Å². The fourth-order valence-electron chi connectivity index (χ4n) is 3.21. The molecule has 28 heavy (non-hydrogen) atoms. The highest BCUT2D eigenvalue weighted by molar-refractivity contribution is 5.96. The Balaban J connectivity index is 1.69. The van der Waals surface area contributed by atoms with Crippen molar-refractivity contribution < 1.29 is 9.53 Å². The molecule has 1 aliphatic rings. The molecule has 2 aromatic carbocycles. The third-order valence-electron chi connectivity index (χ3n) is 4.83. The number of nitrogens with zero attached hydrogens (tertiary/aromatic N) is 1. The number of amides is 1. The van der Waals surface area contributed by atoms with Crippen molar-refractivity contribution in [2.24, 2.45) is 5.92 Å². The molecule has 0 bridgehead atoms. The second-order valence-corrected chi connectivity index (χ2v) is 7.52. The Morgan fingerprint density at radius 2 is 2.00 bits per heavy atom. The Morgan fingerprint density at radius 3 is 2.71 bits per heavy atom. The average molecular weight is 372 g/mol. The third kappa shape index (κ3) is 3.91. The summed E-state index contributed by atoms with van der Waals surface area (Å²) in [6.45, 7) is 7.91. The van der Waals surface area contributed by atoms with Crippen LogP contribution < -0.4 is 10.1 Å². The molecule has 1 amide bonds. The molecular formula is C24H24N2O2. The summed E-state index contributed by atoms with van der Waals surface area (Å²) in [6.07, 6.45) is 5.69. The van der Waals surface area contributed by atoms with Gasteiger partial charge in [-0.15, -0.1) is 0 Å². The minimum atomic E-state index is 0.0696. The normalized spacial score (nSPS) is 13.5. The second-order valence-electron chi connectivity index (χ2n) is 7.52. The number of carbonyl (C=O) groups is 1. The average Bonchev–Trinajstić information content (AvgIpc) is 3.53. The molecule has 1 heterocycles. The Hall–Kier alpha value is -3.14. The predicted molar refractivity (Wildman–Crippen MR) is 114 cm³/mol. The second kappa shape index (κ2) is 7.47. The first kappa shape index (κ1) is 18.2. The van der Waals surface area contributed by atoms with Gasteiger partial charge in [-0.2, -0.15) is 0 Å². The molecule has 1 N–H and O–H groups in total. The quantitative estimate of drug-likeness (QED) is 0.605. The van der Waals surface area contributed by atoms with Gasteiger partial charge in [-0.3, -0.25) is 4.79 Å². The van der Waals surface area contributed by atoms with Crippen molar-refractivity contribution in [3.63, 3.8) is 0 Å². The van der Waals surface area contributed by atoms with Gasteiger partial charge < -0.3 is 10.1 Å². The summed E-state index contributed by atoms with van der Waals surface area (Å²) in [5, 5.41) is 4.96. The van der Waals surface area contributed by atoms with Crippen LogP contribution >= 0.6 is 0 Å². The molecule has 142 valence electrons. The molecule has 0 atom stereocenters. The molecule has 4 heteroatoms. The number of fused-ring (bicyclic) bond motifs is 1. The van der Waals surface area contributed by atoms with Crippen molar-refractivity contribution in [1.29, 1.82) is 0 Å². The smallest absolute Gasteiger partial charge is 0.228 e. The minimum Gasteiger partial charge on any atom is -0.490 e. The number of hydrogen-bond donors (Lipinski definition) is 1. The van der Waals surface area contributed by atoms with E-state index in [1.54, 1.807) is 0 Å². The standard InChI is InChI=1S/C24H24N2O2/c1-4-16-5-10-22(28-15(2)3)21(11-16)19-9-8-18-13-23(25-14-20(18)12-19)26-24(27)17-6-7-17/h4-5,8-15,17H,1,6-7H2,2-3H3,(H,25,26,27). The summed E-state index contributed by atoms with van der Waals surface area (Å²) in [5.74, 6) is 1.69. The molecule has 1 aromatic heterocycles. The van der Waals surface area contributed by atoms with Crippen LogP contribution in [0.25, 0.3) is 28.0 Å². The number of carbonyl (C=O) groups excluding carboxylic acids is 1. The van der Waals surface area contributed by atoms with Crippen molar-refractivity contribution in [3.05, 3.63) is 60.8 Å². The van der Waals surface area contributed by atoms with Crippen molar-refractivity contribution in [2.45, 2.75) is 32.8 Å². The van der Waals surface area contributed by atoms with Crippen LogP contribution in [0.5, 0.6) is 5.75 Å². The van der Waals surface area contributed by atoms with Gasteiger partial charge in [0, 0.05) is 23.1 Å². The van der Waals surface area contributed by atoms with Crippen molar-refractivity contribution in [3.8, 4) is 16.9 Å². The highest BCUT2D eigenvalue weighted by atomic mass is 16.5. The third-order valence-corrected chi connectivity index (χ3v) is 4.83. The first-order valence-corrected chi connectivity index (χ1v) is 9.67. The van der Waals surface area contributed by atoms with E-state index in [4.69, 9.17) is 4.74 Å². The first-order valence-electron chi connectivity index (χ1n) is 9.67. The van der Waals surface area contributed by atoms with Crippen LogP contribution in [-0.4, -0.2) is 17.0 Å². The monoisotopic (exact) mass is 372 g/mol. The summed E-state index contributed by atoms with van der Waals surface area (Å²) in [6, 6.07) is 14.2. The maximum Gasteiger partial charge on any atom is 0.228 e. The van der Waals surface area contributed by atoms with Gasteiger partial charge in [0.25, 0.3) is 0 Å². The number of anilines is 1. The van der Waals surface area contributed by atoms with E-state index in [-0.39, 0.29) is 17.9 Å². The van der Waals surface area contributed by atoms with Gasteiger partial charge in [-0.25, -0.2) is 4.98 Å². The van der Waals surface area contributed by atoms with Crippen LogP contribution in [0, 0.1) is 5.92 Å². The molecule has 0 aliphatic heterocycles. The Morgan fingerprint density at radius 1 is 1.18 bits per heavy atom. The fraction of sp³-hybridized carbons (Fsp3) is 0.250. The van der Waals surface area contributed by atoms with Crippen LogP contribution in [0.1, 0.15) is 32.3 Å². The number of hydrogen-bond acceptors (Lipinski definition) is 3. The van der Waals surface area contributed by atoms with E-state index >= 15 is 0 Å². The molecule has 4 nitrogen and oxygen atoms in total. The first-order chi connectivity index (χ1) is 13.5. The van der Waals surface area contributed by atoms with Crippen molar-refractivity contribution in [2.75, 3.05) is 5.32 Å². The molecule has 3 aromatic rings. The van der Waals surface area contributed by atoms with Crippen LogP contribution in [0.4, 0.5) is 5.82 Å². The van der Waals surface area contributed by atoms with Crippen LogP contribution in [0.15, 0.2) is 55.2 Å². The largest absolute Gasteiger partial charge is 0.490 e. The summed E-state index contributed by atoms with van der Waals surface area (Å²) in [4.78, 5) is 16.4. The lowest BCUT2D eigenvalue weighted by molar-refractivity contribution is -0.117. The van der Waals surface area contributed by atoms with Gasteiger partial charge in [0.05, 0.1) is 6.10 Å². The highest BCUT2D eigenvalue weighted by Gasteiger charge is 2.29. The van der Waals surface area contributed by atoms with Gasteiger partial charge in [0.2, 0.25) is 5.91 Å². The van der Waals surface area contributed by atoms with E-state index in [0.717, 1.165) is 46.1 Å². The number of nitrogens with one attached hydrogen (secondary N) is 1. The predicted octanol–water partition coefficient (Wildman–Crippen LogP) is 5.68. The molecule has 1 fully saturated rings. The minimum absolute atomic E-state index is 0.0696. The van der Waals surface area contributed by atoms with Crippen molar-refractivity contribution in [1.82, 2.24) is 4.98 Å². The Bertz CT molecular complexity index is 1050. The molecule has 0 unspecified atom stereocenters. The number of pyridine rings is 1. The lowest BCUT2D eigenvalue weighted by Crippen LogP contribution is -2.14. The zero-order valence-electron chi connectivity index (χ0n) is 16.2. The van der Waals surface area contributed by atoms with Crippen LogP contribution in [0.2, 0.25) is 0 Å². The number of rotatable bonds is 6. The van der Waals surface area contributed by atoms with Gasteiger partial charge in [-0.05, 0) is 67.5 Å². The molecule has 4 rings (SSSR count). The van der Waals surface area contributed by atoms with E-state index in [0.29, 0.717) is 5.82 Å². The zero-order chi connectivity index (χ0) is 19.7. The van der Waals surface area contributed by atoms with E-state index in [9.17, 15) is 4.79 Å². The SMILES string of the molecule is C=Cc1ccc(OC(C)C)c(-c2ccc3cc(NC(=O)C4CC4)ncc3c2)c1. The lowest BCUT2D eigenvalue weighted by Gasteiger charge is -2.16. The summed E-state index contributed by atoms with van der Waals surface area (Å²) >= 11 is 0. The van der Waals surface area contributed by atoms with E-state index in [1.807, 2.05) is 44.3 Å². The fourth-order valence-corrected chi connectivity index (χ4v) is 3.21. The zero-order valence-corrected chi connectivity index (χ0v) is 16.2. The summed E-state index contributed by atoms with van der Waals surface area (Å²) in [7, 11) is 0. The van der Waals surface area contributed by atoms with E-state index in [1.165, 1.54) is 0 Å². The maximum atomic E-state index is 12.0. The summed E-state index contributed by atoms with van der Waals surface area (Å²) < 4.78 is 6.01. The molecule has 0 spiro atoms. The van der Waals surface area contributed by atoms with Gasteiger partial charge in [-0.1, -0.05) is 30.9 Å². The van der Waals surface area contributed by atoms with E-state index in [2.05, 4.69) is 41.1 Å². The Labute approximate surface area is 165 Å².